The number of fused-ring (bicyclic) bond motifs is 2. The Morgan fingerprint density at radius 3 is 2.68 bits per heavy atom. The van der Waals surface area contributed by atoms with Gasteiger partial charge in [0, 0.05) is 11.1 Å². The van der Waals surface area contributed by atoms with E-state index in [1.165, 1.54) is 11.1 Å². The molecular formula is C21H25N3O4. The van der Waals surface area contributed by atoms with Gasteiger partial charge in [-0.1, -0.05) is 44.7 Å². The molecule has 1 aromatic carbocycles. The van der Waals surface area contributed by atoms with Crippen molar-refractivity contribution in [3.63, 3.8) is 0 Å². The highest BCUT2D eigenvalue weighted by molar-refractivity contribution is 6.01. The third-order valence-electron chi connectivity index (χ3n) is 5.31. The molecule has 7 heteroatoms. The van der Waals surface area contributed by atoms with Gasteiger partial charge in [0.05, 0.1) is 5.70 Å². The van der Waals surface area contributed by atoms with E-state index in [9.17, 15) is 4.79 Å². The van der Waals surface area contributed by atoms with E-state index in [4.69, 9.17) is 20.5 Å². The standard InChI is InChI=1S/C21H25N3O4/c1-5-9-15-17(8-4)24(28-20(22)23-26)19(25)21(15)12-27-18-11-14(7-3)13(6-2)10-16(18)21/h5,8-11,26H,1,6-7,12H2,2-4H3,(H2,22,23)/b15-9+,17-8+. The smallest absolute Gasteiger partial charge is 0.347 e. The number of ether oxygens (including phenoxy) is 1. The molecule has 1 atom stereocenters. The SMILES string of the molecule is C=C/C=C1\C(=C/C)N(O/C(N)=N/O)C(=O)C12COc1cc(CC)c(CC)cc12. The third-order valence-corrected chi connectivity index (χ3v) is 5.31. The van der Waals surface area contributed by atoms with Crippen molar-refractivity contribution in [2.45, 2.75) is 39.0 Å². The van der Waals surface area contributed by atoms with E-state index in [0.29, 0.717) is 17.0 Å². The lowest BCUT2D eigenvalue weighted by Gasteiger charge is -2.22. The molecule has 3 N–H and O–H groups in total. The number of aryl methyl sites for hydroxylation is 2. The maximum absolute atomic E-state index is 13.6. The van der Waals surface area contributed by atoms with Gasteiger partial charge in [-0.3, -0.25) is 4.79 Å². The first-order valence-corrected chi connectivity index (χ1v) is 9.27. The van der Waals surface area contributed by atoms with E-state index in [2.05, 4.69) is 31.6 Å². The minimum atomic E-state index is -1.07. The molecule has 2 aliphatic heterocycles. The fourth-order valence-corrected chi connectivity index (χ4v) is 3.99. The van der Waals surface area contributed by atoms with Crippen molar-refractivity contribution in [1.29, 1.82) is 0 Å². The van der Waals surface area contributed by atoms with Crippen LogP contribution in [0, 0.1) is 0 Å². The van der Waals surface area contributed by atoms with Crippen LogP contribution in [-0.2, 0) is 27.9 Å². The number of carbonyl (C=O) groups is 1. The molecule has 148 valence electrons. The van der Waals surface area contributed by atoms with Crippen LogP contribution < -0.4 is 10.5 Å². The molecule has 1 aromatic rings. The first kappa shape index (κ1) is 19.5. The van der Waals surface area contributed by atoms with Crippen LogP contribution in [0.15, 0.2) is 53.4 Å². The second-order valence-electron chi connectivity index (χ2n) is 6.64. The minimum Gasteiger partial charge on any atom is -0.491 e. The number of rotatable bonds is 4. The molecule has 1 saturated heterocycles. The number of hydroxylamine groups is 2. The van der Waals surface area contributed by atoms with Gasteiger partial charge in [0.2, 0.25) is 0 Å². The number of hydrogen-bond acceptors (Lipinski definition) is 5. The zero-order valence-electron chi connectivity index (χ0n) is 16.4. The zero-order chi connectivity index (χ0) is 20.5. The Bertz CT molecular complexity index is 916. The minimum absolute atomic E-state index is 0.143. The van der Waals surface area contributed by atoms with Crippen LogP contribution >= 0.6 is 0 Å². The van der Waals surface area contributed by atoms with Gasteiger partial charge in [-0.2, -0.15) is 0 Å². The molecule has 2 aliphatic rings. The molecule has 7 nitrogen and oxygen atoms in total. The highest BCUT2D eigenvalue weighted by Gasteiger charge is 2.60. The summed E-state index contributed by atoms with van der Waals surface area (Å²) >= 11 is 0. The summed E-state index contributed by atoms with van der Waals surface area (Å²) in [5, 5.41) is 12.7. The molecular weight excluding hydrogens is 358 g/mol. The molecule has 28 heavy (non-hydrogen) atoms. The first-order chi connectivity index (χ1) is 13.5. The van der Waals surface area contributed by atoms with E-state index in [1.807, 2.05) is 6.07 Å². The first-order valence-electron chi connectivity index (χ1n) is 9.27. The number of nitrogens with zero attached hydrogens (tertiary/aromatic N) is 2. The average Bonchev–Trinajstić information content (AvgIpc) is 3.19. The van der Waals surface area contributed by atoms with Crippen molar-refractivity contribution in [2.75, 3.05) is 6.61 Å². The number of hydrogen-bond donors (Lipinski definition) is 2. The highest BCUT2D eigenvalue weighted by atomic mass is 16.7. The summed E-state index contributed by atoms with van der Waals surface area (Å²) in [4.78, 5) is 18.9. The second-order valence-corrected chi connectivity index (χ2v) is 6.64. The molecule has 0 aliphatic carbocycles. The lowest BCUT2D eigenvalue weighted by molar-refractivity contribution is -0.153. The summed E-state index contributed by atoms with van der Waals surface area (Å²) in [6.07, 6.45) is 6.88. The number of carbonyl (C=O) groups excluding carboxylic acids is 1. The van der Waals surface area contributed by atoms with Crippen LogP contribution in [0.25, 0.3) is 0 Å². The molecule has 1 unspecified atom stereocenters. The van der Waals surface area contributed by atoms with Crippen molar-refractivity contribution in [1.82, 2.24) is 5.06 Å². The van der Waals surface area contributed by atoms with E-state index in [0.717, 1.165) is 23.5 Å². The van der Waals surface area contributed by atoms with Gasteiger partial charge in [0.15, 0.2) is 0 Å². The average molecular weight is 383 g/mol. The molecule has 0 aromatic heterocycles. The summed E-state index contributed by atoms with van der Waals surface area (Å²) < 4.78 is 5.98. The topological polar surface area (TPSA) is 97.4 Å². The Labute approximate surface area is 164 Å². The Morgan fingerprint density at radius 2 is 2.11 bits per heavy atom. The van der Waals surface area contributed by atoms with E-state index in [-0.39, 0.29) is 12.5 Å². The Morgan fingerprint density at radius 1 is 1.43 bits per heavy atom. The maximum Gasteiger partial charge on any atom is 0.347 e. The van der Waals surface area contributed by atoms with Crippen LogP contribution in [0.1, 0.15) is 37.5 Å². The second kappa shape index (κ2) is 7.42. The normalized spacial score (nSPS) is 24.2. The summed E-state index contributed by atoms with van der Waals surface area (Å²) in [5.41, 5.74) is 8.81. The van der Waals surface area contributed by atoms with Gasteiger partial charge >= 0.3 is 6.02 Å². The van der Waals surface area contributed by atoms with Crippen LogP contribution in [0.2, 0.25) is 0 Å². The van der Waals surface area contributed by atoms with E-state index in [1.54, 1.807) is 25.2 Å². The van der Waals surface area contributed by atoms with E-state index >= 15 is 0 Å². The molecule has 1 spiro atoms. The molecule has 1 fully saturated rings. The van der Waals surface area contributed by atoms with E-state index < -0.39 is 11.4 Å². The molecule has 1 amide bonds. The van der Waals surface area contributed by atoms with Crippen LogP contribution in [-0.4, -0.2) is 28.8 Å². The Balaban J connectivity index is 2.25. The fraction of sp³-hybridized carbons (Fsp3) is 0.333. The van der Waals surface area contributed by atoms with Crippen molar-refractivity contribution in [3.05, 3.63) is 64.9 Å². The molecule has 0 bridgehead atoms. The maximum atomic E-state index is 13.6. The monoisotopic (exact) mass is 383 g/mol. The van der Waals surface area contributed by atoms with Gasteiger partial charge < -0.3 is 20.5 Å². The summed E-state index contributed by atoms with van der Waals surface area (Å²) in [5.74, 6) is 0.337. The fourth-order valence-electron chi connectivity index (χ4n) is 3.99. The van der Waals surface area contributed by atoms with Crippen molar-refractivity contribution in [3.8, 4) is 5.75 Å². The van der Waals surface area contributed by atoms with Crippen molar-refractivity contribution < 1.29 is 19.6 Å². The summed E-state index contributed by atoms with van der Waals surface area (Å²) in [6, 6.07) is 3.54. The van der Waals surface area contributed by atoms with Crippen LogP contribution in [0.5, 0.6) is 5.75 Å². The largest absolute Gasteiger partial charge is 0.491 e. The number of oxime groups is 1. The van der Waals surface area contributed by atoms with Gasteiger partial charge in [-0.05, 0) is 42.1 Å². The third kappa shape index (κ3) is 2.66. The van der Waals surface area contributed by atoms with Crippen LogP contribution in [0.3, 0.4) is 0 Å². The highest BCUT2D eigenvalue weighted by Crippen LogP contribution is 2.53. The van der Waals surface area contributed by atoms with Gasteiger partial charge in [-0.15, -0.1) is 5.06 Å². The van der Waals surface area contributed by atoms with Gasteiger partial charge in [0.25, 0.3) is 5.91 Å². The number of amides is 1. The van der Waals surface area contributed by atoms with Crippen molar-refractivity contribution in [2.24, 2.45) is 10.9 Å². The molecule has 0 radical (unpaired) electrons. The Hall–Kier alpha value is -3.22. The quantitative estimate of drug-likeness (QED) is 0.361. The number of benzene rings is 1. The number of nitrogens with two attached hydrogens (primary N) is 1. The number of allylic oxidation sites excluding steroid dienone is 4. The molecule has 3 rings (SSSR count). The predicted molar refractivity (Wildman–Crippen MR) is 106 cm³/mol. The summed E-state index contributed by atoms with van der Waals surface area (Å²) in [7, 11) is 0. The number of amidine groups is 1. The zero-order valence-corrected chi connectivity index (χ0v) is 16.4. The Kier molecular flexibility index (Phi) is 5.18. The summed E-state index contributed by atoms with van der Waals surface area (Å²) in [6.45, 7) is 9.90. The van der Waals surface area contributed by atoms with Crippen molar-refractivity contribution >= 4 is 11.9 Å². The molecule has 0 saturated carbocycles. The van der Waals surface area contributed by atoms with Gasteiger partial charge in [-0.25, -0.2) is 0 Å². The predicted octanol–water partition coefficient (Wildman–Crippen LogP) is 2.94. The van der Waals surface area contributed by atoms with Gasteiger partial charge in [0.1, 0.15) is 17.8 Å². The molecule has 2 heterocycles. The van der Waals surface area contributed by atoms with Crippen LogP contribution in [0.4, 0.5) is 0 Å². The lowest BCUT2D eigenvalue weighted by atomic mass is 9.75. The lowest BCUT2D eigenvalue weighted by Crippen LogP contribution is -2.41.